The van der Waals surface area contributed by atoms with E-state index in [1.807, 2.05) is 13.8 Å². The topological polar surface area (TPSA) is 105 Å². The predicted octanol–water partition coefficient (Wildman–Crippen LogP) is 5.15. The number of hydrogen-bond acceptors (Lipinski definition) is 6. The predicted molar refractivity (Wildman–Crippen MR) is 160 cm³/mol. The van der Waals surface area contributed by atoms with Crippen LogP contribution in [-0.4, -0.2) is 58.0 Å². The normalized spacial score (nSPS) is 12.0. The van der Waals surface area contributed by atoms with E-state index < -0.39 is 28.5 Å². The van der Waals surface area contributed by atoms with Crippen molar-refractivity contribution in [2.24, 2.45) is 0 Å². The summed E-state index contributed by atoms with van der Waals surface area (Å²) in [4.78, 5) is 28.2. The van der Waals surface area contributed by atoms with Gasteiger partial charge < -0.3 is 19.7 Å². The minimum Gasteiger partial charge on any atom is -0.493 e. The van der Waals surface area contributed by atoms with Crippen molar-refractivity contribution in [3.05, 3.63) is 82.3 Å². The van der Waals surface area contributed by atoms with Crippen LogP contribution in [0.25, 0.3) is 0 Å². The van der Waals surface area contributed by atoms with Gasteiger partial charge in [0.05, 0.1) is 24.8 Å². The summed E-state index contributed by atoms with van der Waals surface area (Å²) in [7, 11) is -1.47. The lowest BCUT2D eigenvalue weighted by Crippen LogP contribution is -2.52. The summed E-state index contributed by atoms with van der Waals surface area (Å²) in [5, 5.41) is 3.73. The number of halogens is 2. The van der Waals surface area contributed by atoms with Gasteiger partial charge in [-0.1, -0.05) is 35.3 Å². The lowest BCUT2D eigenvalue weighted by Gasteiger charge is -2.32. The molecule has 0 aliphatic rings. The molecule has 1 atom stereocenters. The Bertz CT molecular complexity index is 1460. The summed E-state index contributed by atoms with van der Waals surface area (Å²) in [5.74, 6) is -0.410. The van der Waals surface area contributed by atoms with Gasteiger partial charge in [-0.25, -0.2) is 8.42 Å². The Kier molecular flexibility index (Phi) is 10.9. The molecule has 0 fully saturated rings. The third kappa shape index (κ3) is 8.06. The van der Waals surface area contributed by atoms with E-state index in [4.69, 9.17) is 32.7 Å². The Morgan fingerprint density at radius 1 is 0.854 bits per heavy atom. The molecule has 3 aromatic carbocycles. The second-order valence-corrected chi connectivity index (χ2v) is 12.2. The van der Waals surface area contributed by atoms with Gasteiger partial charge in [0.2, 0.25) is 11.8 Å². The van der Waals surface area contributed by atoms with Gasteiger partial charge in [-0.15, -0.1) is 0 Å². The molecule has 0 aliphatic heterocycles. The molecule has 220 valence electrons. The summed E-state index contributed by atoms with van der Waals surface area (Å²) in [6, 6.07) is 16.0. The molecule has 0 spiro atoms. The smallest absolute Gasteiger partial charge is 0.264 e. The number of nitrogens with zero attached hydrogens (tertiary/aromatic N) is 2. The van der Waals surface area contributed by atoms with Crippen LogP contribution in [0.4, 0.5) is 5.69 Å². The average molecular weight is 623 g/mol. The van der Waals surface area contributed by atoms with Crippen LogP contribution in [0.3, 0.4) is 0 Å². The molecule has 2 amide bonds. The summed E-state index contributed by atoms with van der Waals surface area (Å²) < 4.78 is 39.6. The second-order valence-electron chi connectivity index (χ2n) is 9.49. The van der Waals surface area contributed by atoms with Gasteiger partial charge in [0.1, 0.15) is 12.6 Å². The number of sulfonamides is 1. The number of methoxy groups -OCH3 is 2. The molecule has 0 heterocycles. The van der Waals surface area contributed by atoms with Crippen LogP contribution in [-0.2, 0) is 26.2 Å². The summed E-state index contributed by atoms with van der Waals surface area (Å²) in [6.07, 6.45) is 0. The standard InChI is InChI=1S/C29H33Cl2N3O6S/c1-19(2)32-29(36)20(3)33(17-21-6-8-22(30)9-7-21)28(35)18-34(24-12-10-23(31)11-13-24)41(37,38)25-14-15-26(39-4)27(16-25)40-5/h6-16,19-20H,17-18H2,1-5H3,(H,32,36)/t20-/m0/s1. The molecule has 0 aliphatic carbocycles. The maximum absolute atomic E-state index is 14.0. The molecule has 0 saturated heterocycles. The maximum Gasteiger partial charge on any atom is 0.264 e. The van der Waals surface area contributed by atoms with Crippen LogP contribution < -0.4 is 19.1 Å². The van der Waals surface area contributed by atoms with E-state index in [0.717, 1.165) is 4.31 Å². The Balaban J connectivity index is 2.06. The number of hydrogen-bond donors (Lipinski definition) is 1. The molecule has 0 aromatic heterocycles. The molecule has 1 N–H and O–H groups in total. The number of nitrogens with one attached hydrogen (secondary N) is 1. The fraction of sp³-hybridized carbons (Fsp3) is 0.310. The minimum atomic E-state index is -4.31. The van der Waals surface area contributed by atoms with Gasteiger partial charge in [0.15, 0.2) is 11.5 Å². The van der Waals surface area contributed by atoms with Gasteiger partial charge in [-0.05, 0) is 74.9 Å². The van der Waals surface area contributed by atoms with Crippen LogP contribution in [0.1, 0.15) is 26.3 Å². The number of anilines is 1. The number of amides is 2. The lowest BCUT2D eigenvalue weighted by atomic mass is 10.1. The molecule has 3 aromatic rings. The first-order valence-corrected chi connectivity index (χ1v) is 14.9. The lowest BCUT2D eigenvalue weighted by molar-refractivity contribution is -0.139. The summed E-state index contributed by atoms with van der Waals surface area (Å²) in [5.41, 5.74) is 0.927. The highest BCUT2D eigenvalue weighted by Crippen LogP contribution is 2.32. The van der Waals surface area contributed by atoms with E-state index in [2.05, 4.69) is 5.32 Å². The minimum absolute atomic E-state index is 0.0492. The molecule has 0 radical (unpaired) electrons. The molecular formula is C29H33Cl2N3O6S. The number of carbonyl (C=O) groups is 2. The van der Waals surface area contributed by atoms with Crippen LogP contribution in [0.2, 0.25) is 10.0 Å². The van der Waals surface area contributed by atoms with Crippen molar-refractivity contribution >= 4 is 50.7 Å². The van der Waals surface area contributed by atoms with Crippen molar-refractivity contribution in [2.75, 3.05) is 25.1 Å². The van der Waals surface area contributed by atoms with Crippen molar-refractivity contribution in [1.82, 2.24) is 10.2 Å². The van der Waals surface area contributed by atoms with Gasteiger partial charge >= 0.3 is 0 Å². The summed E-state index contributed by atoms with van der Waals surface area (Å²) in [6.45, 7) is 4.68. The first-order chi connectivity index (χ1) is 19.4. The third-order valence-corrected chi connectivity index (χ3v) is 8.47. The van der Waals surface area contributed by atoms with Gasteiger partial charge in [0.25, 0.3) is 10.0 Å². The van der Waals surface area contributed by atoms with E-state index in [1.54, 1.807) is 31.2 Å². The SMILES string of the molecule is COc1ccc(S(=O)(=O)N(CC(=O)N(Cc2ccc(Cl)cc2)[C@@H](C)C(=O)NC(C)C)c2ccc(Cl)cc2)cc1OC. The largest absolute Gasteiger partial charge is 0.493 e. The summed E-state index contributed by atoms with van der Waals surface area (Å²) >= 11 is 12.1. The van der Waals surface area contributed by atoms with Crippen LogP contribution >= 0.6 is 23.2 Å². The van der Waals surface area contributed by atoms with Crippen LogP contribution in [0.15, 0.2) is 71.6 Å². The first kappa shape index (κ1) is 32.0. The maximum atomic E-state index is 14.0. The molecule has 3 rings (SSSR count). The first-order valence-electron chi connectivity index (χ1n) is 12.7. The molecule has 9 nitrogen and oxygen atoms in total. The Hall–Kier alpha value is -3.47. The van der Waals surface area contributed by atoms with Crippen molar-refractivity contribution in [2.45, 2.75) is 44.3 Å². The molecule has 0 saturated carbocycles. The quantitative estimate of drug-likeness (QED) is 0.300. The Labute approximate surface area is 251 Å². The zero-order chi connectivity index (χ0) is 30.3. The van der Waals surface area contributed by atoms with Gasteiger partial charge in [0, 0.05) is 28.7 Å². The molecule has 0 bridgehead atoms. The molecular weight excluding hydrogens is 589 g/mol. The highest BCUT2D eigenvalue weighted by Gasteiger charge is 2.33. The number of rotatable bonds is 12. The average Bonchev–Trinajstić information content (AvgIpc) is 2.94. The highest BCUT2D eigenvalue weighted by atomic mass is 35.5. The van der Waals surface area contributed by atoms with E-state index in [0.29, 0.717) is 21.4 Å². The van der Waals surface area contributed by atoms with E-state index >= 15 is 0 Å². The van der Waals surface area contributed by atoms with Crippen molar-refractivity contribution < 1.29 is 27.5 Å². The number of ether oxygens (including phenoxy) is 2. The Morgan fingerprint density at radius 2 is 1.41 bits per heavy atom. The van der Waals surface area contributed by atoms with Crippen molar-refractivity contribution in [1.29, 1.82) is 0 Å². The van der Waals surface area contributed by atoms with Gasteiger partial charge in [-0.3, -0.25) is 13.9 Å². The monoisotopic (exact) mass is 621 g/mol. The van der Waals surface area contributed by atoms with E-state index in [1.165, 1.54) is 61.6 Å². The zero-order valence-electron chi connectivity index (χ0n) is 23.4. The number of carbonyl (C=O) groups excluding carboxylic acids is 2. The molecule has 12 heteroatoms. The third-order valence-electron chi connectivity index (χ3n) is 6.20. The highest BCUT2D eigenvalue weighted by molar-refractivity contribution is 7.92. The van der Waals surface area contributed by atoms with E-state index in [-0.39, 0.29) is 34.8 Å². The number of benzene rings is 3. The second kappa shape index (κ2) is 13.9. The van der Waals surface area contributed by atoms with Crippen LogP contribution in [0, 0.1) is 0 Å². The van der Waals surface area contributed by atoms with E-state index in [9.17, 15) is 18.0 Å². The fourth-order valence-corrected chi connectivity index (χ4v) is 5.70. The fourth-order valence-electron chi connectivity index (χ4n) is 4.01. The Morgan fingerprint density at radius 3 is 1.95 bits per heavy atom. The van der Waals surface area contributed by atoms with Crippen molar-refractivity contribution in [3.63, 3.8) is 0 Å². The van der Waals surface area contributed by atoms with Crippen LogP contribution in [0.5, 0.6) is 11.5 Å². The zero-order valence-corrected chi connectivity index (χ0v) is 25.8. The molecule has 41 heavy (non-hydrogen) atoms. The molecule has 0 unspecified atom stereocenters. The van der Waals surface area contributed by atoms with Gasteiger partial charge in [-0.2, -0.15) is 0 Å². The van der Waals surface area contributed by atoms with Crippen molar-refractivity contribution in [3.8, 4) is 11.5 Å².